The zero-order valence-corrected chi connectivity index (χ0v) is 14.3. The van der Waals surface area contributed by atoms with Crippen LogP contribution in [0.4, 0.5) is 11.6 Å². The van der Waals surface area contributed by atoms with Crippen molar-refractivity contribution in [3.05, 3.63) is 11.4 Å². The van der Waals surface area contributed by atoms with E-state index in [9.17, 15) is 0 Å². The first-order valence-corrected chi connectivity index (χ1v) is 9.17. The van der Waals surface area contributed by atoms with Crippen LogP contribution in [0.25, 0.3) is 0 Å². The molecule has 1 aromatic rings. The third kappa shape index (κ3) is 2.98. The van der Waals surface area contributed by atoms with Gasteiger partial charge in [-0.1, -0.05) is 6.92 Å². The summed E-state index contributed by atoms with van der Waals surface area (Å²) >= 11 is 2.07. The number of anilines is 2. The van der Waals surface area contributed by atoms with Gasteiger partial charge in [-0.05, 0) is 33.6 Å². The van der Waals surface area contributed by atoms with Gasteiger partial charge in [-0.15, -0.1) is 0 Å². The van der Waals surface area contributed by atoms with Gasteiger partial charge in [0, 0.05) is 41.6 Å². The summed E-state index contributed by atoms with van der Waals surface area (Å²) in [7, 11) is 0. The van der Waals surface area contributed by atoms with E-state index in [2.05, 4.69) is 49.7 Å². The molecule has 21 heavy (non-hydrogen) atoms. The molecule has 1 aliphatic carbocycles. The van der Waals surface area contributed by atoms with Gasteiger partial charge < -0.3 is 10.2 Å². The van der Waals surface area contributed by atoms with Crippen LogP contribution in [0.15, 0.2) is 0 Å². The topological polar surface area (TPSA) is 41.1 Å². The lowest BCUT2D eigenvalue weighted by molar-refractivity contribution is 0.616. The summed E-state index contributed by atoms with van der Waals surface area (Å²) in [5.41, 5.74) is 1.20. The Bertz CT molecular complexity index is 515. The Hall–Kier alpha value is -0.970. The van der Waals surface area contributed by atoms with Gasteiger partial charge in [-0.2, -0.15) is 11.8 Å². The Labute approximate surface area is 132 Å². The van der Waals surface area contributed by atoms with Gasteiger partial charge >= 0.3 is 0 Å². The van der Waals surface area contributed by atoms with Gasteiger partial charge in [0.2, 0.25) is 0 Å². The first-order valence-electron chi connectivity index (χ1n) is 8.12. The van der Waals surface area contributed by atoms with Crippen molar-refractivity contribution in [1.82, 2.24) is 9.97 Å². The van der Waals surface area contributed by atoms with E-state index < -0.39 is 0 Å². The number of aromatic nitrogens is 2. The average molecular weight is 306 g/mol. The molecule has 0 radical (unpaired) electrons. The monoisotopic (exact) mass is 306 g/mol. The molecule has 1 N–H and O–H groups in total. The Morgan fingerprint density at radius 3 is 2.71 bits per heavy atom. The summed E-state index contributed by atoms with van der Waals surface area (Å²) in [6.07, 6.45) is 2.49. The fourth-order valence-electron chi connectivity index (χ4n) is 2.90. The van der Waals surface area contributed by atoms with Gasteiger partial charge in [0.1, 0.15) is 17.5 Å². The number of hydrogen-bond acceptors (Lipinski definition) is 5. The molecular weight excluding hydrogens is 280 g/mol. The zero-order valence-electron chi connectivity index (χ0n) is 13.5. The molecule has 0 aromatic carbocycles. The molecule has 0 spiro atoms. The highest BCUT2D eigenvalue weighted by atomic mass is 32.2. The highest BCUT2D eigenvalue weighted by Crippen LogP contribution is 2.41. The van der Waals surface area contributed by atoms with Crippen molar-refractivity contribution in [2.24, 2.45) is 0 Å². The van der Waals surface area contributed by atoms with E-state index in [0.717, 1.165) is 30.5 Å². The SMILES string of the molecule is CCNc1nc(C2CC2)nc(N2CCSC(C)C2C)c1C. The number of thioether (sulfide) groups is 1. The number of nitrogens with one attached hydrogen (secondary N) is 1. The van der Waals surface area contributed by atoms with Crippen molar-refractivity contribution >= 4 is 23.4 Å². The van der Waals surface area contributed by atoms with E-state index in [4.69, 9.17) is 9.97 Å². The van der Waals surface area contributed by atoms with Gasteiger partial charge in [0.15, 0.2) is 0 Å². The molecule has 2 heterocycles. The van der Waals surface area contributed by atoms with Gasteiger partial charge in [-0.25, -0.2) is 9.97 Å². The molecule has 3 rings (SSSR count). The average Bonchev–Trinajstić information content (AvgIpc) is 3.29. The van der Waals surface area contributed by atoms with Gasteiger partial charge in [-0.3, -0.25) is 0 Å². The van der Waals surface area contributed by atoms with Crippen LogP contribution in [0.5, 0.6) is 0 Å². The van der Waals surface area contributed by atoms with Crippen molar-refractivity contribution in [2.75, 3.05) is 29.1 Å². The van der Waals surface area contributed by atoms with Crippen molar-refractivity contribution < 1.29 is 0 Å². The predicted molar refractivity (Wildman–Crippen MR) is 91.6 cm³/mol. The fourth-order valence-corrected chi connectivity index (χ4v) is 4.00. The van der Waals surface area contributed by atoms with Gasteiger partial charge in [0.25, 0.3) is 0 Å². The van der Waals surface area contributed by atoms with Crippen LogP contribution in [0.2, 0.25) is 0 Å². The summed E-state index contributed by atoms with van der Waals surface area (Å²) in [5.74, 6) is 5.01. The Morgan fingerprint density at radius 1 is 1.29 bits per heavy atom. The highest BCUT2D eigenvalue weighted by Gasteiger charge is 2.32. The van der Waals surface area contributed by atoms with E-state index in [1.807, 2.05) is 0 Å². The minimum Gasteiger partial charge on any atom is -0.370 e. The standard InChI is InChI=1S/C16H26N4S/c1-5-17-14-10(2)16(19-15(18-14)13-6-7-13)20-8-9-21-12(4)11(20)3/h11-13H,5-9H2,1-4H3,(H,17,18,19). The van der Waals surface area contributed by atoms with Gasteiger partial charge in [0.05, 0.1) is 0 Å². The molecule has 5 heteroatoms. The molecule has 116 valence electrons. The minimum atomic E-state index is 0.527. The summed E-state index contributed by atoms with van der Waals surface area (Å²) < 4.78 is 0. The number of nitrogens with zero attached hydrogens (tertiary/aromatic N) is 3. The van der Waals surface area contributed by atoms with Crippen LogP contribution in [0.1, 0.15) is 50.9 Å². The first-order chi connectivity index (χ1) is 10.1. The third-order valence-electron chi connectivity index (χ3n) is 4.58. The third-order valence-corrected chi connectivity index (χ3v) is 5.92. The minimum absolute atomic E-state index is 0.527. The van der Waals surface area contributed by atoms with Crippen molar-refractivity contribution in [2.45, 2.75) is 57.7 Å². The highest BCUT2D eigenvalue weighted by molar-refractivity contribution is 8.00. The molecule has 2 fully saturated rings. The molecular formula is C16H26N4S. The largest absolute Gasteiger partial charge is 0.370 e. The molecule has 2 unspecified atom stereocenters. The van der Waals surface area contributed by atoms with Crippen molar-refractivity contribution in [3.63, 3.8) is 0 Å². The van der Waals surface area contributed by atoms with E-state index in [1.54, 1.807) is 0 Å². The van der Waals surface area contributed by atoms with Crippen molar-refractivity contribution in [1.29, 1.82) is 0 Å². The predicted octanol–water partition coefficient (Wildman–Crippen LogP) is 3.42. The van der Waals surface area contributed by atoms with Crippen molar-refractivity contribution in [3.8, 4) is 0 Å². The van der Waals surface area contributed by atoms with Crippen LogP contribution in [-0.2, 0) is 0 Å². The van der Waals surface area contributed by atoms with Crippen LogP contribution in [0.3, 0.4) is 0 Å². The molecule has 1 aliphatic heterocycles. The quantitative estimate of drug-likeness (QED) is 0.923. The summed E-state index contributed by atoms with van der Waals surface area (Å²) in [6.45, 7) is 10.9. The lowest BCUT2D eigenvalue weighted by Crippen LogP contribution is -2.45. The summed E-state index contributed by atoms with van der Waals surface area (Å²) in [5, 5.41) is 4.07. The normalized spacial score (nSPS) is 26.0. The maximum atomic E-state index is 4.95. The molecule has 4 nitrogen and oxygen atoms in total. The molecule has 0 amide bonds. The Kier molecular flexibility index (Phi) is 4.29. The number of rotatable bonds is 4. The lowest BCUT2D eigenvalue weighted by Gasteiger charge is -2.39. The van der Waals surface area contributed by atoms with Crippen LogP contribution in [-0.4, -0.2) is 40.1 Å². The molecule has 0 bridgehead atoms. The Morgan fingerprint density at radius 2 is 2.05 bits per heavy atom. The molecule has 1 saturated heterocycles. The molecule has 1 saturated carbocycles. The Balaban J connectivity index is 1.99. The second kappa shape index (κ2) is 6.03. The summed E-state index contributed by atoms with van der Waals surface area (Å²) in [4.78, 5) is 12.2. The molecule has 1 aromatic heterocycles. The second-order valence-electron chi connectivity index (χ2n) is 6.19. The number of hydrogen-bond donors (Lipinski definition) is 1. The van der Waals surface area contributed by atoms with E-state index in [0.29, 0.717) is 17.2 Å². The molecule has 2 atom stereocenters. The fraction of sp³-hybridized carbons (Fsp3) is 0.750. The maximum Gasteiger partial charge on any atom is 0.137 e. The molecule has 2 aliphatic rings. The van der Waals surface area contributed by atoms with Crippen LogP contribution >= 0.6 is 11.8 Å². The second-order valence-corrected chi connectivity index (χ2v) is 7.68. The smallest absolute Gasteiger partial charge is 0.137 e. The van der Waals surface area contributed by atoms with Crippen LogP contribution < -0.4 is 10.2 Å². The van der Waals surface area contributed by atoms with Crippen LogP contribution in [0, 0.1) is 6.92 Å². The lowest BCUT2D eigenvalue weighted by atomic mass is 10.1. The first kappa shape index (κ1) is 14.9. The zero-order chi connectivity index (χ0) is 15.0. The van der Waals surface area contributed by atoms with E-state index in [-0.39, 0.29) is 0 Å². The van der Waals surface area contributed by atoms with E-state index >= 15 is 0 Å². The summed E-state index contributed by atoms with van der Waals surface area (Å²) in [6, 6.07) is 0.527. The maximum absolute atomic E-state index is 4.95. The van der Waals surface area contributed by atoms with E-state index in [1.165, 1.54) is 24.2 Å².